The van der Waals surface area contributed by atoms with Crippen LogP contribution in [-0.2, 0) is 10.9 Å². The summed E-state index contributed by atoms with van der Waals surface area (Å²) in [5, 5.41) is 3.57. The molecule has 6 nitrogen and oxygen atoms in total. The highest BCUT2D eigenvalue weighted by molar-refractivity contribution is 5.77. The van der Waals surface area contributed by atoms with Crippen LogP contribution in [0.2, 0.25) is 0 Å². The van der Waals surface area contributed by atoms with Crippen LogP contribution in [0.15, 0.2) is 42.8 Å². The molecule has 3 aromatic rings. The first-order chi connectivity index (χ1) is 12.0. The van der Waals surface area contributed by atoms with Crippen molar-refractivity contribution in [1.29, 1.82) is 0 Å². The van der Waals surface area contributed by atoms with Crippen LogP contribution >= 0.6 is 0 Å². The van der Waals surface area contributed by atoms with Crippen LogP contribution in [-0.4, -0.2) is 31.0 Å². The van der Waals surface area contributed by atoms with Crippen LogP contribution < -0.4 is 5.22 Å². The number of nitrogens with zero attached hydrogens (tertiary/aromatic N) is 5. The maximum atomic E-state index is 13.4. The minimum absolute atomic E-state index is 0.104. The van der Waals surface area contributed by atoms with Gasteiger partial charge in [0.25, 0.3) is 0 Å². The summed E-state index contributed by atoms with van der Waals surface area (Å²) in [5.41, 5.74) is -0.139. The summed E-state index contributed by atoms with van der Waals surface area (Å²) in [6.45, 7) is 2.54. The fourth-order valence-electron chi connectivity index (χ4n) is 2.66. The van der Waals surface area contributed by atoms with Crippen LogP contribution in [0.3, 0.4) is 0 Å². The van der Waals surface area contributed by atoms with E-state index < -0.39 is 11.9 Å². The molecular weight excluding hydrogens is 335 g/mol. The van der Waals surface area contributed by atoms with Gasteiger partial charge in [0.2, 0.25) is 0 Å². The highest BCUT2D eigenvalue weighted by atomic mass is 19.4. The molecule has 0 spiro atoms. The van der Waals surface area contributed by atoms with Crippen molar-refractivity contribution in [3.05, 3.63) is 53.7 Å². The first-order valence-electron chi connectivity index (χ1n) is 7.51. The SMILES string of the molecule is CCN1C=CO/C1=C/C=c1/c(C(F)(F)F)nn2c1nc1cccnc12. The Bertz CT molecular complexity index is 1070. The Labute approximate surface area is 139 Å². The zero-order valence-corrected chi connectivity index (χ0v) is 13.0. The number of aromatic nitrogens is 4. The number of hydrogen-bond acceptors (Lipinski definition) is 5. The number of rotatable bonds is 2. The van der Waals surface area contributed by atoms with E-state index in [9.17, 15) is 13.2 Å². The highest BCUT2D eigenvalue weighted by Gasteiger charge is 2.37. The summed E-state index contributed by atoms with van der Waals surface area (Å²) >= 11 is 0. The fourth-order valence-corrected chi connectivity index (χ4v) is 2.66. The number of alkyl halides is 3. The normalized spacial score (nSPS) is 17.4. The van der Waals surface area contributed by atoms with E-state index in [1.165, 1.54) is 24.6 Å². The van der Waals surface area contributed by atoms with Gasteiger partial charge in [-0.1, -0.05) is 0 Å². The number of pyridine rings is 1. The Balaban J connectivity index is 1.97. The lowest BCUT2D eigenvalue weighted by atomic mass is 10.3. The lowest BCUT2D eigenvalue weighted by Gasteiger charge is -2.12. The molecule has 0 aliphatic carbocycles. The summed E-state index contributed by atoms with van der Waals surface area (Å²) in [7, 11) is 0. The molecule has 3 aromatic heterocycles. The highest BCUT2D eigenvalue weighted by Crippen LogP contribution is 2.27. The zero-order chi connectivity index (χ0) is 17.6. The minimum atomic E-state index is -4.61. The van der Waals surface area contributed by atoms with Crippen molar-refractivity contribution in [3.8, 4) is 0 Å². The Hall–Kier alpha value is -3.10. The van der Waals surface area contributed by atoms with Crippen molar-refractivity contribution in [2.45, 2.75) is 13.1 Å². The van der Waals surface area contributed by atoms with Crippen molar-refractivity contribution in [1.82, 2.24) is 24.5 Å². The van der Waals surface area contributed by atoms with Gasteiger partial charge in [-0.15, -0.1) is 0 Å². The van der Waals surface area contributed by atoms with E-state index >= 15 is 0 Å². The number of halogens is 3. The predicted molar refractivity (Wildman–Crippen MR) is 83.7 cm³/mol. The third-order valence-corrected chi connectivity index (χ3v) is 3.80. The molecule has 0 aromatic carbocycles. The number of imidazole rings is 1. The molecule has 0 N–H and O–H groups in total. The number of allylic oxidation sites excluding steroid dienone is 1. The molecule has 0 saturated carbocycles. The smallest absolute Gasteiger partial charge is 0.435 e. The zero-order valence-electron chi connectivity index (χ0n) is 13.0. The molecule has 25 heavy (non-hydrogen) atoms. The molecule has 0 unspecified atom stereocenters. The van der Waals surface area contributed by atoms with Crippen molar-refractivity contribution < 1.29 is 17.9 Å². The molecule has 0 radical (unpaired) electrons. The maximum Gasteiger partial charge on any atom is 0.435 e. The molecule has 4 heterocycles. The van der Waals surface area contributed by atoms with Gasteiger partial charge in [0.1, 0.15) is 11.8 Å². The second kappa shape index (κ2) is 5.47. The van der Waals surface area contributed by atoms with Gasteiger partial charge >= 0.3 is 6.18 Å². The van der Waals surface area contributed by atoms with Gasteiger partial charge in [0, 0.05) is 18.9 Å². The molecule has 0 amide bonds. The van der Waals surface area contributed by atoms with Crippen molar-refractivity contribution in [2.24, 2.45) is 0 Å². The summed E-state index contributed by atoms with van der Waals surface area (Å²) in [6.07, 6.45) is 2.86. The molecule has 0 saturated heterocycles. The van der Waals surface area contributed by atoms with E-state index in [0.717, 1.165) is 4.52 Å². The first-order valence-corrected chi connectivity index (χ1v) is 7.51. The maximum absolute atomic E-state index is 13.4. The van der Waals surface area contributed by atoms with E-state index in [4.69, 9.17) is 4.74 Å². The lowest BCUT2D eigenvalue weighted by molar-refractivity contribution is -0.142. The van der Waals surface area contributed by atoms with Crippen molar-refractivity contribution >= 4 is 22.9 Å². The Morgan fingerprint density at radius 3 is 2.84 bits per heavy atom. The van der Waals surface area contributed by atoms with Crippen molar-refractivity contribution in [2.75, 3.05) is 6.54 Å². The van der Waals surface area contributed by atoms with E-state index in [-0.39, 0.29) is 16.5 Å². The summed E-state index contributed by atoms with van der Waals surface area (Å²) < 4.78 is 46.6. The number of hydrogen-bond donors (Lipinski definition) is 0. The second-order valence-corrected chi connectivity index (χ2v) is 5.31. The second-order valence-electron chi connectivity index (χ2n) is 5.31. The summed E-state index contributed by atoms with van der Waals surface area (Å²) in [4.78, 5) is 10.1. The topological polar surface area (TPSA) is 55.5 Å². The van der Waals surface area contributed by atoms with Gasteiger partial charge in [0.05, 0.1) is 5.22 Å². The van der Waals surface area contributed by atoms with E-state index in [1.807, 2.05) is 6.92 Å². The molecule has 9 heteroatoms. The molecule has 0 atom stereocenters. The first kappa shape index (κ1) is 15.4. The van der Waals surface area contributed by atoms with Gasteiger partial charge in [-0.05, 0) is 31.2 Å². The van der Waals surface area contributed by atoms with Crippen LogP contribution in [0.4, 0.5) is 13.2 Å². The largest absolute Gasteiger partial charge is 0.447 e. The Morgan fingerprint density at radius 1 is 1.24 bits per heavy atom. The van der Waals surface area contributed by atoms with Gasteiger partial charge < -0.3 is 9.64 Å². The number of fused-ring (bicyclic) bond motifs is 3. The van der Waals surface area contributed by atoms with Crippen LogP contribution in [0.25, 0.3) is 22.9 Å². The molecule has 1 aliphatic heterocycles. The Kier molecular flexibility index (Phi) is 3.38. The fraction of sp³-hybridized carbons (Fsp3) is 0.188. The average molecular weight is 347 g/mol. The van der Waals surface area contributed by atoms with Crippen LogP contribution in [0.5, 0.6) is 0 Å². The third-order valence-electron chi connectivity index (χ3n) is 3.80. The van der Waals surface area contributed by atoms with Crippen LogP contribution in [0, 0.1) is 0 Å². The molecular formula is C16H12F3N5O. The average Bonchev–Trinajstić information content (AvgIpc) is 3.25. The monoisotopic (exact) mass is 347 g/mol. The van der Waals surface area contributed by atoms with Gasteiger partial charge in [-0.2, -0.15) is 22.8 Å². The lowest BCUT2D eigenvalue weighted by Crippen LogP contribution is -2.18. The molecule has 128 valence electrons. The molecule has 0 bridgehead atoms. The van der Waals surface area contributed by atoms with Crippen LogP contribution in [0.1, 0.15) is 12.6 Å². The molecule has 1 aliphatic rings. The molecule has 4 rings (SSSR count). The Morgan fingerprint density at radius 2 is 2.08 bits per heavy atom. The van der Waals surface area contributed by atoms with Gasteiger partial charge in [-0.3, -0.25) is 0 Å². The van der Waals surface area contributed by atoms with Gasteiger partial charge in [0.15, 0.2) is 22.9 Å². The standard InChI is InChI=1S/C16H12F3N5O/c1-2-23-8-9-25-12(23)6-5-10-13(16(17,18)19)22-24-14(10)21-11-4-3-7-20-15(11)24/h3-9H,2H2,1H3/b10-5-,12-6+. The van der Waals surface area contributed by atoms with E-state index in [2.05, 4.69) is 15.1 Å². The third kappa shape index (κ3) is 2.48. The van der Waals surface area contributed by atoms with E-state index in [1.54, 1.807) is 23.2 Å². The summed E-state index contributed by atoms with van der Waals surface area (Å²) in [5.74, 6) is 0.434. The molecule has 0 fully saturated rings. The minimum Gasteiger partial charge on any atom is -0.447 e. The number of ether oxygens (including phenoxy) is 1. The van der Waals surface area contributed by atoms with Crippen molar-refractivity contribution in [3.63, 3.8) is 0 Å². The quantitative estimate of drug-likeness (QED) is 0.713. The predicted octanol–water partition coefficient (Wildman–Crippen LogP) is 2.46. The van der Waals surface area contributed by atoms with E-state index in [0.29, 0.717) is 17.9 Å². The summed E-state index contributed by atoms with van der Waals surface area (Å²) in [6, 6.07) is 3.34. The van der Waals surface area contributed by atoms with Gasteiger partial charge in [-0.25, -0.2) is 9.97 Å².